The molecule has 0 fully saturated rings. The molecule has 0 saturated heterocycles. The van der Waals surface area contributed by atoms with Gasteiger partial charge in [-0.15, -0.1) is 0 Å². The topological polar surface area (TPSA) is 56.4 Å². The van der Waals surface area contributed by atoms with Crippen LogP contribution in [0.25, 0.3) is 5.69 Å². The van der Waals surface area contributed by atoms with E-state index in [1.54, 1.807) is 35.9 Å². The summed E-state index contributed by atoms with van der Waals surface area (Å²) >= 11 is 0. The van der Waals surface area contributed by atoms with E-state index in [0.717, 1.165) is 24.3 Å². The van der Waals surface area contributed by atoms with Crippen molar-refractivity contribution in [2.24, 2.45) is 0 Å². The number of hydrogen-bond donors (Lipinski definition) is 1. The predicted molar refractivity (Wildman–Crippen MR) is 66.6 cm³/mol. The van der Waals surface area contributed by atoms with E-state index in [1.807, 2.05) is 0 Å². The van der Waals surface area contributed by atoms with Crippen molar-refractivity contribution in [2.75, 3.05) is 7.11 Å². The highest BCUT2D eigenvalue weighted by atomic mass is 16.5. The highest BCUT2D eigenvalue weighted by Gasteiger charge is 2.23. The van der Waals surface area contributed by atoms with Crippen molar-refractivity contribution in [3.63, 3.8) is 0 Å². The molecular formula is C13H14N2O3. The van der Waals surface area contributed by atoms with Crippen LogP contribution in [-0.4, -0.2) is 21.4 Å². The Kier molecular flexibility index (Phi) is 2.40. The molecule has 0 atom stereocenters. The Morgan fingerprint density at radius 1 is 1.28 bits per heavy atom. The van der Waals surface area contributed by atoms with Crippen molar-refractivity contribution in [3.05, 3.63) is 40.4 Å². The number of aromatic nitrogens is 2. The first-order valence-corrected chi connectivity index (χ1v) is 5.90. The molecule has 5 nitrogen and oxygen atoms in total. The Bertz CT molecular complexity index is 637. The van der Waals surface area contributed by atoms with Gasteiger partial charge in [-0.05, 0) is 37.1 Å². The van der Waals surface area contributed by atoms with Gasteiger partial charge in [0.25, 0.3) is 0 Å². The average Bonchev–Trinajstić information content (AvgIpc) is 2.95. The van der Waals surface area contributed by atoms with Gasteiger partial charge in [0.1, 0.15) is 5.75 Å². The molecule has 0 aliphatic carbocycles. The first-order chi connectivity index (χ1) is 8.72. The van der Waals surface area contributed by atoms with Crippen molar-refractivity contribution in [1.29, 1.82) is 0 Å². The number of nitrogens with zero attached hydrogens (tertiary/aromatic N) is 2. The monoisotopic (exact) mass is 246 g/mol. The van der Waals surface area contributed by atoms with Crippen LogP contribution in [0.2, 0.25) is 0 Å². The van der Waals surface area contributed by atoms with Crippen LogP contribution < -0.4 is 10.4 Å². The minimum absolute atomic E-state index is 0.0580. The second-order valence-corrected chi connectivity index (χ2v) is 4.34. The maximum Gasteiger partial charge on any atom is 0.335 e. The Morgan fingerprint density at radius 2 is 2.00 bits per heavy atom. The molecule has 3 rings (SSSR count). The van der Waals surface area contributed by atoms with Crippen LogP contribution in [0.15, 0.2) is 29.1 Å². The summed E-state index contributed by atoms with van der Waals surface area (Å²) in [6, 6.07) is 7.05. The van der Waals surface area contributed by atoms with E-state index in [-0.39, 0.29) is 11.6 Å². The van der Waals surface area contributed by atoms with Gasteiger partial charge in [-0.1, -0.05) is 0 Å². The smallest absolute Gasteiger partial charge is 0.335 e. The molecule has 0 amide bonds. The van der Waals surface area contributed by atoms with E-state index in [4.69, 9.17) is 4.74 Å². The predicted octanol–water partition coefficient (Wildman–Crippen LogP) is 1.30. The lowest BCUT2D eigenvalue weighted by Crippen LogP contribution is -2.22. The third-order valence-electron chi connectivity index (χ3n) is 3.34. The minimum Gasteiger partial charge on any atom is -0.497 e. The summed E-state index contributed by atoms with van der Waals surface area (Å²) in [5.74, 6) is 0.778. The lowest BCUT2D eigenvalue weighted by Gasteiger charge is -2.05. The molecule has 0 saturated carbocycles. The molecule has 1 aromatic heterocycles. The van der Waals surface area contributed by atoms with E-state index in [1.165, 1.54) is 4.57 Å². The van der Waals surface area contributed by atoms with Gasteiger partial charge in [0.2, 0.25) is 5.88 Å². The Morgan fingerprint density at radius 3 is 2.61 bits per heavy atom. The van der Waals surface area contributed by atoms with Gasteiger partial charge in [0.05, 0.1) is 18.5 Å². The van der Waals surface area contributed by atoms with Gasteiger partial charge in [-0.3, -0.25) is 4.57 Å². The zero-order chi connectivity index (χ0) is 12.7. The van der Waals surface area contributed by atoms with E-state index < -0.39 is 0 Å². The number of rotatable bonds is 2. The molecule has 1 N–H and O–H groups in total. The zero-order valence-electron chi connectivity index (χ0n) is 10.1. The largest absolute Gasteiger partial charge is 0.497 e. The molecule has 1 aliphatic heterocycles. The van der Waals surface area contributed by atoms with Crippen LogP contribution in [0, 0.1) is 0 Å². The number of hydrogen-bond acceptors (Lipinski definition) is 3. The van der Waals surface area contributed by atoms with Crippen LogP contribution in [-0.2, 0) is 13.0 Å². The Balaban J connectivity index is 2.14. The lowest BCUT2D eigenvalue weighted by atomic mass is 10.3. The van der Waals surface area contributed by atoms with Gasteiger partial charge in [0.15, 0.2) is 0 Å². The molecule has 2 heterocycles. The van der Waals surface area contributed by atoms with Gasteiger partial charge in [-0.2, -0.15) is 0 Å². The standard InChI is InChI=1S/C13H14N2O3/c1-18-10-6-4-9(5-7-10)15-12(16)11-3-2-8-14(11)13(15)17/h4-7,16H,2-3,8H2,1H3. The van der Waals surface area contributed by atoms with E-state index >= 15 is 0 Å². The average molecular weight is 246 g/mol. The van der Waals surface area contributed by atoms with Crippen LogP contribution in [0.1, 0.15) is 12.1 Å². The molecule has 0 spiro atoms. The summed E-state index contributed by atoms with van der Waals surface area (Å²) in [4.78, 5) is 12.2. The third kappa shape index (κ3) is 1.44. The highest BCUT2D eigenvalue weighted by Crippen LogP contribution is 2.26. The fourth-order valence-corrected chi connectivity index (χ4v) is 2.42. The van der Waals surface area contributed by atoms with Crippen molar-refractivity contribution >= 4 is 0 Å². The van der Waals surface area contributed by atoms with Crippen LogP contribution in [0.3, 0.4) is 0 Å². The molecule has 2 aromatic rings. The number of ether oxygens (including phenoxy) is 1. The van der Waals surface area contributed by atoms with Crippen LogP contribution in [0.5, 0.6) is 11.6 Å². The quantitative estimate of drug-likeness (QED) is 0.869. The fourth-order valence-electron chi connectivity index (χ4n) is 2.42. The molecule has 0 radical (unpaired) electrons. The van der Waals surface area contributed by atoms with Gasteiger partial charge < -0.3 is 9.84 Å². The number of benzene rings is 1. The van der Waals surface area contributed by atoms with Gasteiger partial charge >= 0.3 is 5.69 Å². The number of imidazole rings is 1. The normalized spacial score (nSPS) is 13.6. The molecule has 0 bridgehead atoms. The summed E-state index contributed by atoms with van der Waals surface area (Å²) in [7, 11) is 1.59. The molecule has 1 aliphatic rings. The summed E-state index contributed by atoms with van der Waals surface area (Å²) in [6.45, 7) is 0.685. The zero-order valence-corrected chi connectivity index (χ0v) is 10.1. The first-order valence-electron chi connectivity index (χ1n) is 5.90. The van der Waals surface area contributed by atoms with Gasteiger partial charge in [-0.25, -0.2) is 9.36 Å². The Hall–Kier alpha value is -2.17. The molecule has 5 heteroatoms. The fraction of sp³-hybridized carbons (Fsp3) is 0.308. The molecule has 0 unspecified atom stereocenters. The summed E-state index contributed by atoms with van der Waals surface area (Å²) in [5.41, 5.74) is 1.21. The third-order valence-corrected chi connectivity index (χ3v) is 3.34. The highest BCUT2D eigenvalue weighted by molar-refractivity contribution is 5.42. The van der Waals surface area contributed by atoms with E-state index in [0.29, 0.717) is 12.2 Å². The molecule has 1 aromatic carbocycles. The molecule has 18 heavy (non-hydrogen) atoms. The van der Waals surface area contributed by atoms with Crippen LogP contribution >= 0.6 is 0 Å². The van der Waals surface area contributed by atoms with E-state index in [9.17, 15) is 9.90 Å². The SMILES string of the molecule is COc1ccc(-n2c(O)c3n(c2=O)CCC3)cc1. The second kappa shape index (κ2) is 3.94. The van der Waals surface area contributed by atoms with Crippen molar-refractivity contribution in [1.82, 2.24) is 9.13 Å². The second-order valence-electron chi connectivity index (χ2n) is 4.34. The first kappa shape index (κ1) is 11.0. The number of fused-ring (bicyclic) bond motifs is 1. The summed E-state index contributed by atoms with van der Waals surface area (Å²) in [5, 5.41) is 10.1. The summed E-state index contributed by atoms with van der Waals surface area (Å²) in [6.07, 6.45) is 1.67. The van der Waals surface area contributed by atoms with Gasteiger partial charge in [0, 0.05) is 6.54 Å². The number of methoxy groups -OCH3 is 1. The minimum atomic E-state index is -0.176. The van der Waals surface area contributed by atoms with Crippen molar-refractivity contribution < 1.29 is 9.84 Å². The maximum atomic E-state index is 12.2. The number of aromatic hydroxyl groups is 1. The molecule has 94 valence electrons. The van der Waals surface area contributed by atoms with E-state index in [2.05, 4.69) is 0 Å². The maximum absolute atomic E-state index is 12.2. The van der Waals surface area contributed by atoms with Crippen molar-refractivity contribution in [3.8, 4) is 17.3 Å². The summed E-state index contributed by atoms with van der Waals surface area (Å²) < 4.78 is 8.05. The van der Waals surface area contributed by atoms with Crippen LogP contribution in [0.4, 0.5) is 0 Å². The Labute approximate surface area is 104 Å². The molecular weight excluding hydrogens is 232 g/mol. The lowest BCUT2D eigenvalue weighted by molar-refractivity contribution is 0.414. The van der Waals surface area contributed by atoms with Crippen molar-refractivity contribution in [2.45, 2.75) is 19.4 Å².